The van der Waals surface area contributed by atoms with Gasteiger partial charge in [0.15, 0.2) is 5.56 Å². The van der Waals surface area contributed by atoms with Gasteiger partial charge in [-0.15, -0.1) is 0 Å². The van der Waals surface area contributed by atoms with Gasteiger partial charge >= 0.3 is 0 Å². The number of nitrogens with one attached hydrogen (secondary N) is 1. The topological polar surface area (TPSA) is 103 Å². The van der Waals surface area contributed by atoms with Gasteiger partial charge in [-0.3, -0.25) is 9.59 Å². The summed E-state index contributed by atoms with van der Waals surface area (Å²) in [5.41, 5.74) is 1.15. The molecule has 0 spiro atoms. The maximum atomic E-state index is 11.4. The summed E-state index contributed by atoms with van der Waals surface area (Å²) in [6.45, 7) is 4.00. The van der Waals surface area contributed by atoms with Crippen molar-refractivity contribution in [3.05, 3.63) is 80.1 Å². The van der Waals surface area contributed by atoms with E-state index in [1.807, 2.05) is 32.0 Å². The van der Waals surface area contributed by atoms with Crippen LogP contribution in [0.15, 0.2) is 63.1 Å². The molecule has 0 amide bonds. The van der Waals surface area contributed by atoms with Gasteiger partial charge in [0.2, 0.25) is 5.56 Å². The van der Waals surface area contributed by atoms with Crippen molar-refractivity contribution in [2.24, 2.45) is 4.99 Å². The van der Waals surface area contributed by atoms with Crippen LogP contribution >= 0.6 is 11.6 Å². The molecule has 10 heteroatoms. The number of hydrogen-bond donors (Lipinski definition) is 1. The minimum Gasteiger partial charge on any atom is -0.425 e. The summed E-state index contributed by atoms with van der Waals surface area (Å²) in [5.74, 6) is 0. The molecule has 1 N–H and O–H groups in total. The molecule has 2 radical (unpaired) electrons. The molecule has 7 nitrogen and oxygen atoms in total. The Morgan fingerprint density at radius 2 is 1.43 bits per heavy atom. The van der Waals surface area contributed by atoms with Crippen LogP contribution in [-0.4, -0.2) is 17.0 Å². The monoisotopic (exact) mass is 577 g/mol. The van der Waals surface area contributed by atoms with E-state index in [4.69, 9.17) is 11.6 Å². The Kier molecular flexibility index (Phi) is 16.4. The van der Waals surface area contributed by atoms with Crippen molar-refractivity contribution in [2.75, 3.05) is 7.05 Å². The van der Waals surface area contributed by atoms with Gasteiger partial charge in [-0.05, 0) is 18.1 Å². The Morgan fingerprint density at radius 1 is 0.900 bits per heavy atom. The molecule has 0 bridgehead atoms. The smallest absolute Gasteiger partial charge is 0.211 e. The van der Waals surface area contributed by atoms with E-state index in [9.17, 15) is 9.59 Å². The first-order valence-electron chi connectivity index (χ1n) is 8.26. The summed E-state index contributed by atoms with van der Waals surface area (Å²) < 4.78 is 0. The first-order valence-corrected chi connectivity index (χ1v) is 8.64. The summed E-state index contributed by atoms with van der Waals surface area (Å²) in [6, 6.07) is 14.2. The van der Waals surface area contributed by atoms with Gasteiger partial charge in [0, 0.05) is 87.1 Å². The molecule has 30 heavy (non-hydrogen) atoms. The Hall–Kier alpha value is -0.982. The maximum absolute atomic E-state index is 11.4. The number of aromatic amines is 1. The van der Waals surface area contributed by atoms with Crippen LogP contribution in [0.4, 0.5) is 0 Å². The van der Waals surface area contributed by atoms with Gasteiger partial charge < -0.3 is 24.9 Å². The van der Waals surface area contributed by atoms with Crippen LogP contribution < -0.4 is 26.7 Å². The van der Waals surface area contributed by atoms with Crippen molar-refractivity contribution in [3.8, 4) is 0 Å². The van der Waals surface area contributed by atoms with Crippen LogP contribution in [0.25, 0.3) is 21.8 Å². The number of nitrogens with zero attached hydrogens (tertiary/aromatic N) is 4. The number of rotatable bonds is 0. The molecule has 0 unspecified atom stereocenters. The zero-order valence-corrected chi connectivity index (χ0v) is 22.7. The van der Waals surface area contributed by atoms with Crippen molar-refractivity contribution >= 4 is 33.4 Å². The average Bonchev–Trinajstić information content (AvgIpc) is 2.70. The van der Waals surface area contributed by atoms with Crippen LogP contribution in [0, 0.1) is 0 Å². The predicted molar refractivity (Wildman–Crippen MR) is 114 cm³/mol. The number of benzene rings is 2. The summed E-state index contributed by atoms with van der Waals surface area (Å²) in [4.78, 5) is 40.4. The largest absolute Gasteiger partial charge is 0.425 e. The fourth-order valence-electron chi connectivity index (χ4n) is 2.21. The maximum Gasteiger partial charge on any atom is 0.211 e. The standard InChI is InChI=1S/C9H9N3O.C8H5ClN2O.C2H6.CH4.2Y/c1-10-9-11-7-5-3-2-4-6(7)8(13)12-9;9-8-10-6-4-2-1-3-5(6)7(12)11-8;1-2;;;/h2-5H,1H3,(H2,10,11,12,13);1-4H,(H,10,11,12);1-2H3;1H4;;/p-2. The second kappa shape index (κ2) is 15.8. The number of fused-ring (bicyclic) bond motifs is 2. The van der Waals surface area contributed by atoms with E-state index in [1.54, 1.807) is 37.4 Å². The first kappa shape index (κ1) is 31.2. The molecular formula is C20H22ClN5O2Y2-2. The predicted octanol–water partition coefficient (Wildman–Crippen LogP) is 2.88. The molecule has 0 atom stereocenters. The van der Waals surface area contributed by atoms with Crippen molar-refractivity contribution in [1.82, 2.24) is 19.9 Å². The Balaban J connectivity index is 0. The number of para-hydroxylation sites is 2. The van der Waals surface area contributed by atoms with E-state index in [0.717, 1.165) is 5.52 Å². The van der Waals surface area contributed by atoms with Crippen molar-refractivity contribution in [2.45, 2.75) is 21.3 Å². The molecule has 0 aliphatic carbocycles. The molecule has 0 aliphatic rings. The van der Waals surface area contributed by atoms with Crippen molar-refractivity contribution < 1.29 is 65.4 Å². The van der Waals surface area contributed by atoms with Crippen LogP contribution in [0.5, 0.6) is 0 Å². The van der Waals surface area contributed by atoms with E-state index in [-0.39, 0.29) is 89.2 Å². The normalized spacial score (nSPS) is 9.67. The van der Waals surface area contributed by atoms with Gasteiger partial charge in [-0.1, -0.05) is 81.4 Å². The molecule has 0 saturated carbocycles. The summed E-state index contributed by atoms with van der Waals surface area (Å²) in [7, 11) is 1.59. The molecule has 0 saturated heterocycles. The summed E-state index contributed by atoms with van der Waals surface area (Å²) >= 11 is 5.50. The van der Waals surface area contributed by atoms with Gasteiger partial charge in [-0.25, -0.2) is 0 Å². The fraction of sp³-hybridized carbons (Fsp3) is 0.200. The molecule has 2 aromatic carbocycles. The Labute approximate surface area is 229 Å². The summed E-state index contributed by atoms with van der Waals surface area (Å²) in [5, 5.41) is 1.09. The molecule has 4 aromatic rings. The van der Waals surface area contributed by atoms with E-state index in [1.165, 1.54) is 0 Å². The first-order chi connectivity index (χ1) is 13.1. The van der Waals surface area contributed by atoms with E-state index >= 15 is 0 Å². The Bertz CT molecular complexity index is 1240. The minimum atomic E-state index is -0.328. The number of H-pyrrole nitrogens is 1. The van der Waals surface area contributed by atoms with Gasteiger partial charge in [0.05, 0.1) is 0 Å². The minimum absolute atomic E-state index is 0. The SMILES string of the molecule is C.CC.CN=c1[n-]c(=O)c2ccccc2[nH]1.O=c1[n-]c(Cl)nc2ccccc12.[Y].[Y]. The zero-order valence-electron chi connectivity index (χ0n) is 16.3. The van der Waals surface area contributed by atoms with Crippen LogP contribution in [0.3, 0.4) is 0 Å². The third kappa shape index (κ3) is 8.27. The number of aromatic nitrogens is 4. The van der Waals surface area contributed by atoms with Gasteiger partial charge in [-0.2, -0.15) is 0 Å². The van der Waals surface area contributed by atoms with Crippen LogP contribution in [-0.2, 0) is 65.4 Å². The third-order valence-electron chi connectivity index (χ3n) is 3.36. The number of hydrogen-bond acceptors (Lipinski definition) is 4. The average molecular weight is 578 g/mol. The second-order valence-electron chi connectivity index (χ2n) is 4.95. The molecule has 2 heterocycles. The van der Waals surface area contributed by atoms with Gasteiger partial charge in [0.1, 0.15) is 0 Å². The quantitative estimate of drug-likeness (QED) is 0.324. The van der Waals surface area contributed by atoms with Crippen LogP contribution in [0.1, 0.15) is 21.3 Å². The number of halogens is 1. The van der Waals surface area contributed by atoms with E-state index in [0.29, 0.717) is 21.9 Å². The van der Waals surface area contributed by atoms with Crippen LogP contribution in [0.2, 0.25) is 5.28 Å². The van der Waals surface area contributed by atoms with Crippen molar-refractivity contribution in [3.63, 3.8) is 0 Å². The molecule has 154 valence electrons. The third-order valence-corrected chi connectivity index (χ3v) is 3.53. The Morgan fingerprint density at radius 3 is 2.07 bits per heavy atom. The summed E-state index contributed by atoms with van der Waals surface area (Å²) in [6.07, 6.45) is 0. The molecule has 2 aromatic heterocycles. The molecule has 0 fully saturated rings. The van der Waals surface area contributed by atoms with E-state index < -0.39 is 0 Å². The molecule has 4 rings (SSSR count). The van der Waals surface area contributed by atoms with Gasteiger partial charge in [0.25, 0.3) is 0 Å². The zero-order chi connectivity index (χ0) is 19.8. The fourth-order valence-corrected chi connectivity index (χ4v) is 2.38. The molecular weight excluding hydrogens is 556 g/mol. The molecule has 0 aliphatic heterocycles. The van der Waals surface area contributed by atoms with E-state index in [2.05, 4.69) is 24.9 Å². The van der Waals surface area contributed by atoms with Crippen molar-refractivity contribution in [1.29, 1.82) is 0 Å². The second-order valence-corrected chi connectivity index (χ2v) is 5.29.